The summed E-state index contributed by atoms with van der Waals surface area (Å²) in [6.45, 7) is 0.617. The van der Waals surface area contributed by atoms with E-state index in [1.165, 1.54) is 12.1 Å². The summed E-state index contributed by atoms with van der Waals surface area (Å²) in [4.78, 5) is 9.89. The molecule has 0 unspecified atom stereocenters. The molecule has 1 aromatic carbocycles. The quantitative estimate of drug-likeness (QED) is 0.510. The molecule has 1 rings (SSSR count). The Balaban J connectivity index is 2.28. The minimum atomic E-state index is -0.238. The smallest absolute Gasteiger partial charge is 0.145 e. The van der Waals surface area contributed by atoms with Crippen LogP contribution in [0, 0.1) is 5.82 Å². The molecule has 0 amide bonds. The fourth-order valence-corrected chi connectivity index (χ4v) is 0.973. The second-order valence-electron chi connectivity index (χ2n) is 2.62. The van der Waals surface area contributed by atoms with Crippen LogP contribution in [0.4, 0.5) is 4.39 Å². The minimum Gasteiger partial charge on any atom is -0.374 e. The number of aldehydes is 1. The summed E-state index contributed by atoms with van der Waals surface area (Å²) in [5, 5.41) is 0. The van der Waals surface area contributed by atoms with Crippen molar-refractivity contribution in [3.05, 3.63) is 35.6 Å². The molecule has 0 heterocycles. The first-order valence-electron chi connectivity index (χ1n) is 4.09. The predicted molar refractivity (Wildman–Crippen MR) is 47.0 cm³/mol. The second-order valence-corrected chi connectivity index (χ2v) is 2.62. The van der Waals surface area contributed by atoms with Crippen molar-refractivity contribution < 1.29 is 13.9 Å². The summed E-state index contributed by atoms with van der Waals surface area (Å²) in [6.07, 6.45) is 1.42. The van der Waals surface area contributed by atoms with Gasteiger partial charge in [0.25, 0.3) is 0 Å². The molecule has 0 aliphatic carbocycles. The van der Waals surface area contributed by atoms with Crippen molar-refractivity contribution in [3.63, 3.8) is 0 Å². The Bertz CT molecular complexity index is 256. The summed E-state index contributed by atoms with van der Waals surface area (Å²) in [5.41, 5.74) is 1.01. The molecule has 0 aromatic heterocycles. The Kier molecular flexibility index (Phi) is 4.12. The van der Waals surface area contributed by atoms with Crippen molar-refractivity contribution in [2.75, 3.05) is 13.2 Å². The van der Waals surface area contributed by atoms with Gasteiger partial charge in [-0.2, -0.15) is 0 Å². The van der Waals surface area contributed by atoms with Crippen LogP contribution < -0.4 is 0 Å². The van der Waals surface area contributed by atoms with E-state index in [9.17, 15) is 9.18 Å². The maximum absolute atomic E-state index is 12.5. The van der Waals surface area contributed by atoms with Gasteiger partial charge >= 0.3 is 0 Å². The lowest BCUT2D eigenvalue weighted by molar-refractivity contribution is -0.111. The molecule has 13 heavy (non-hydrogen) atoms. The number of carbonyl (C=O) groups is 1. The van der Waals surface area contributed by atoms with Gasteiger partial charge in [-0.05, 0) is 24.1 Å². The van der Waals surface area contributed by atoms with Gasteiger partial charge < -0.3 is 9.53 Å². The van der Waals surface area contributed by atoms with Gasteiger partial charge in [0.05, 0.1) is 6.61 Å². The molecular weight excluding hydrogens is 171 g/mol. The van der Waals surface area contributed by atoms with Crippen LogP contribution in [0.2, 0.25) is 0 Å². The molecule has 0 aliphatic heterocycles. The SMILES string of the molecule is O=CCOCCc1ccc(F)cc1. The van der Waals surface area contributed by atoms with Gasteiger partial charge in [-0.25, -0.2) is 4.39 Å². The lowest BCUT2D eigenvalue weighted by atomic mass is 10.2. The van der Waals surface area contributed by atoms with Crippen LogP contribution in [0.1, 0.15) is 5.56 Å². The standard InChI is InChI=1S/C10H11FO2/c11-10-3-1-9(2-4-10)5-7-13-8-6-12/h1-4,6H,5,7-8H2. The van der Waals surface area contributed by atoms with E-state index in [1.54, 1.807) is 12.1 Å². The Labute approximate surface area is 76.3 Å². The van der Waals surface area contributed by atoms with E-state index in [0.29, 0.717) is 19.3 Å². The van der Waals surface area contributed by atoms with E-state index in [-0.39, 0.29) is 12.4 Å². The Hall–Kier alpha value is -1.22. The maximum Gasteiger partial charge on any atom is 0.145 e. The van der Waals surface area contributed by atoms with Gasteiger partial charge in [0.2, 0.25) is 0 Å². The van der Waals surface area contributed by atoms with Crippen molar-refractivity contribution in [2.45, 2.75) is 6.42 Å². The Morgan fingerprint density at radius 1 is 1.31 bits per heavy atom. The predicted octanol–water partition coefficient (Wildman–Crippen LogP) is 1.58. The molecule has 0 fully saturated rings. The molecule has 0 aliphatic rings. The third kappa shape index (κ3) is 3.80. The fourth-order valence-electron chi connectivity index (χ4n) is 0.973. The second kappa shape index (κ2) is 5.43. The van der Waals surface area contributed by atoms with Crippen LogP contribution in [0.25, 0.3) is 0 Å². The van der Waals surface area contributed by atoms with Crippen molar-refractivity contribution >= 4 is 6.29 Å². The van der Waals surface area contributed by atoms with E-state index in [1.807, 2.05) is 0 Å². The summed E-state index contributed by atoms with van der Waals surface area (Å²) in [6, 6.07) is 6.24. The highest BCUT2D eigenvalue weighted by Crippen LogP contribution is 2.03. The summed E-state index contributed by atoms with van der Waals surface area (Å²) in [7, 11) is 0. The van der Waals surface area contributed by atoms with Crippen LogP contribution in [-0.4, -0.2) is 19.5 Å². The number of halogens is 1. The molecule has 70 valence electrons. The maximum atomic E-state index is 12.5. The Morgan fingerprint density at radius 2 is 2.00 bits per heavy atom. The number of hydrogen-bond donors (Lipinski definition) is 0. The molecule has 1 aromatic rings. The zero-order chi connectivity index (χ0) is 9.52. The summed E-state index contributed by atoms with van der Waals surface area (Å²) >= 11 is 0. The highest BCUT2D eigenvalue weighted by Gasteiger charge is 1.93. The van der Waals surface area contributed by atoms with Crippen molar-refractivity contribution in [2.24, 2.45) is 0 Å². The fraction of sp³-hybridized carbons (Fsp3) is 0.300. The van der Waals surface area contributed by atoms with Gasteiger partial charge in [-0.15, -0.1) is 0 Å². The third-order valence-electron chi connectivity index (χ3n) is 1.63. The first-order chi connectivity index (χ1) is 6.33. The van der Waals surface area contributed by atoms with Gasteiger partial charge in [0.15, 0.2) is 0 Å². The number of carbonyl (C=O) groups excluding carboxylic acids is 1. The lowest BCUT2D eigenvalue weighted by Gasteiger charge is -2.00. The van der Waals surface area contributed by atoms with Crippen molar-refractivity contribution in [3.8, 4) is 0 Å². The monoisotopic (exact) mass is 182 g/mol. The van der Waals surface area contributed by atoms with Gasteiger partial charge in [0.1, 0.15) is 18.7 Å². The van der Waals surface area contributed by atoms with Gasteiger partial charge in [-0.3, -0.25) is 0 Å². The Morgan fingerprint density at radius 3 is 2.62 bits per heavy atom. The lowest BCUT2D eigenvalue weighted by Crippen LogP contribution is -2.00. The van der Waals surface area contributed by atoms with Crippen molar-refractivity contribution in [1.82, 2.24) is 0 Å². The van der Waals surface area contributed by atoms with Gasteiger partial charge in [0, 0.05) is 0 Å². The number of benzene rings is 1. The molecule has 0 N–H and O–H groups in total. The van der Waals surface area contributed by atoms with Crippen LogP contribution in [-0.2, 0) is 16.0 Å². The van der Waals surface area contributed by atoms with E-state index in [0.717, 1.165) is 5.56 Å². The number of rotatable bonds is 5. The largest absolute Gasteiger partial charge is 0.374 e. The molecule has 0 saturated carbocycles. The highest BCUT2D eigenvalue weighted by atomic mass is 19.1. The van der Waals surface area contributed by atoms with E-state index < -0.39 is 0 Å². The van der Waals surface area contributed by atoms with E-state index >= 15 is 0 Å². The summed E-state index contributed by atoms with van der Waals surface area (Å²) < 4.78 is 17.4. The van der Waals surface area contributed by atoms with E-state index in [4.69, 9.17) is 4.74 Å². The molecule has 2 nitrogen and oxygen atoms in total. The number of ether oxygens (including phenoxy) is 1. The number of hydrogen-bond acceptors (Lipinski definition) is 2. The molecule has 0 radical (unpaired) electrons. The van der Waals surface area contributed by atoms with Crippen LogP contribution in [0.3, 0.4) is 0 Å². The van der Waals surface area contributed by atoms with Crippen molar-refractivity contribution in [1.29, 1.82) is 0 Å². The zero-order valence-corrected chi connectivity index (χ0v) is 7.20. The normalized spacial score (nSPS) is 9.92. The topological polar surface area (TPSA) is 26.3 Å². The highest BCUT2D eigenvalue weighted by molar-refractivity contribution is 5.50. The molecule has 0 bridgehead atoms. The zero-order valence-electron chi connectivity index (χ0n) is 7.20. The molecule has 0 atom stereocenters. The van der Waals surface area contributed by atoms with Crippen LogP contribution >= 0.6 is 0 Å². The molecule has 0 spiro atoms. The van der Waals surface area contributed by atoms with Crippen LogP contribution in [0.15, 0.2) is 24.3 Å². The van der Waals surface area contributed by atoms with Gasteiger partial charge in [-0.1, -0.05) is 12.1 Å². The molecular formula is C10H11FO2. The summed E-state index contributed by atoms with van der Waals surface area (Å²) in [5.74, 6) is -0.238. The average molecular weight is 182 g/mol. The first-order valence-corrected chi connectivity index (χ1v) is 4.09. The van der Waals surface area contributed by atoms with Crippen LogP contribution in [0.5, 0.6) is 0 Å². The third-order valence-corrected chi connectivity index (χ3v) is 1.63. The average Bonchev–Trinajstić information content (AvgIpc) is 2.15. The molecule has 0 saturated heterocycles. The minimum absolute atomic E-state index is 0.126. The molecule has 3 heteroatoms. The first kappa shape index (κ1) is 9.86. The van der Waals surface area contributed by atoms with E-state index in [2.05, 4.69) is 0 Å².